The Morgan fingerprint density at radius 1 is 1.50 bits per heavy atom. The van der Waals surface area contributed by atoms with E-state index in [2.05, 4.69) is 21.8 Å². The predicted octanol–water partition coefficient (Wildman–Crippen LogP) is 2.24. The SMILES string of the molecule is CCN(CCCCl)c1ccnc(C)n1. The first-order chi connectivity index (χ1) is 6.77. The smallest absolute Gasteiger partial charge is 0.132 e. The number of anilines is 1. The van der Waals surface area contributed by atoms with Crippen LogP contribution in [0.1, 0.15) is 19.2 Å². The Morgan fingerprint density at radius 2 is 2.29 bits per heavy atom. The third-order valence-corrected chi connectivity index (χ3v) is 2.30. The fourth-order valence-electron chi connectivity index (χ4n) is 1.31. The largest absolute Gasteiger partial charge is 0.357 e. The van der Waals surface area contributed by atoms with E-state index in [1.807, 2.05) is 13.0 Å². The molecule has 0 aliphatic carbocycles. The molecule has 0 aromatic carbocycles. The molecule has 0 N–H and O–H groups in total. The van der Waals surface area contributed by atoms with Crippen molar-refractivity contribution in [2.75, 3.05) is 23.9 Å². The van der Waals surface area contributed by atoms with Gasteiger partial charge in [-0.05, 0) is 26.3 Å². The van der Waals surface area contributed by atoms with Crippen LogP contribution < -0.4 is 4.90 Å². The average molecular weight is 214 g/mol. The average Bonchev–Trinajstić information content (AvgIpc) is 2.19. The van der Waals surface area contributed by atoms with Crippen molar-refractivity contribution in [3.8, 4) is 0 Å². The van der Waals surface area contributed by atoms with Crippen molar-refractivity contribution in [2.24, 2.45) is 0 Å². The molecule has 0 spiro atoms. The number of hydrogen-bond acceptors (Lipinski definition) is 3. The van der Waals surface area contributed by atoms with Crippen LogP contribution in [0.4, 0.5) is 5.82 Å². The van der Waals surface area contributed by atoms with Crippen molar-refractivity contribution < 1.29 is 0 Å². The molecule has 14 heavy (non-hydrogen) atoms. The molecular weight excluding hydrogens is 198 g/mol. The number of aryl methyl sites for hydroxylation is 1. The Balaban J connectivity index is 2.68. The molecule has 0 atom stereocenters. The summed E-state index contributed by atoms with van der Waals surface area (Å²) in [6, 6.07) is 1.94. The number of alkyl halides is 1. The first kappa shape index (κ1) is 11.2. The first-order valence-corrected chi connectivity index (χ1v) is 5.42. The van der Waals surface area contributed by atoms with Crippen LogP contribution in [0.5, 0.6) is 0 Å². The van der Waals surface area contributed by atoms with Crippen LogP contribution in [0.15, 0.2) is 12.3 Å². The summed E-state index contributed by atoms with van der Waals surface area (Å²) in [5.41, 5.74) is 0. The number of hydrogen-bond donors (Lipinski definition) is 0. The lowest BCUT2D eigenvalue weighted by Gasteiger charge is -2.21. The molecule has 3 nitrogen and oxygen atoms in total. The van der Waals surface area contributed by atoms with Crippen LogP contribution in [-0.4, -0.2) is 28.9 Å². The van der Waals surface area contributed by atoms with Gasteiger partial charge in [0.25, 0.3) is 0 Å². The highest BCUT2D eigenvalue weighted by Crippen LogP contribution is 2.09. The van der Waals surface area contributed by atoms with Crippen LogP contribution in [-0.2, 0) is 0 Å². The van der Waals surface area contributed by atoms with Gasteiger partial charge in [-0.3, -0.25) is 0 Å². The fraction of sp³-hybridized carbons (Fsp3) is 0.600. The molecule has 0 aliphatic rings. The quantitative estimate of drug-likeness (QED) is 0.703. The number of rotatable bonds is 5. The monoisotopic (exact) mass is 213 g/mol. The van der Waals surface area contributed by atoms with Crippen molar-refractivity contribution in [1.82, 2.24) is 9.97 Å². The summed E-state index contributed by atoms with van der Waals surface area (Å²) in [7, 11) is 0. The molecule has 0 aliphatic heterocycles. The molecule has 0 saturated heterocycles. The molecule has 78 valence electrons. The van der Waals surface area contributed by atoms with Crippen LogP contribution >= 0.6 is 11.6 Å². The zero-order chi connectivity index (χ0) is 10.4. The lowest BCUT2D eigenvalue weighted by molar-refractivity contribution is 0.775. The second kappa shape index (κ2) is 5.81. The lowest BCUT2D eigenvalue weighted by atomic mass is 10.4. The first-order valence-electron chi connectivity index (χ1n) is 4.88. The molecule has 1 aromatic rings. The highest BCUT2D eigenvalue weighted by atomic mass is 35.5. The number of nitrogens with zero attached hydrogens (tertiary/aromatic N) is 3. The fourth-order valence-corrected chi connectivity index (χ4v) is 1.42. The normalized spacial score (nSPS) is 10.2. The topological polar surface area (TPSA) is 29.0 Å². The summed E-state index contributed by atoms with van der Waals surface area (Å²) < 4.78 is 0. The highest BCUT2D eigenvalue weighted by molar-refractivity contribution is 6.17. The van der Waals surface area contributed by atoms with Crippen LogP contribution in [0.2, 0.25) is 0 Å². The van der Waals surface area contributed by atoms with Crippen molar-refractivity contribution >= 4 is 17.4 Å². The van der Waals surface area contributed by atoms with Crippen LogP contribution in [0.3, 0.4) is 0 Å². The van der Waals surface area contributed by atoms with E-state index in [1.165, 1.54) is 0 Å². The summed E-state index contributed by atoms with van der Waals surface area (Å²) in [5.74, 6) is 2.50. The van der Waals surface area contributed by atoms with E-state index in [0.717, 1.165) is 31.2 Å². The maximum absolute atomic E-state index is 5.66. The summed E-state index contributed by atoms with van der Waals surface area (Å²) in [6.45, 7) is 5.92. The van der Waals surface area contributed by atoms with Crippen LogP contribution in [0.25, 0.3) is 0 Å². The molecule has 0 saturated carbocycles. The molecule has 1 rings (SSSR count). The Kier molecular flexibility index (Phi) is 4.66. The molecule has 0 radical (unpaired) electrons. The van der Waals surface area contributed by atoms with E-state index in [1.54, 1.807) is 6.20 Å². The maximum atomic E-state index is 5.66. The van der Waals surface area contributed by atoms with Gasteiger partial charge in [0.1, 0.15) is 11.6 Å². The predicted molar refractivity (Wildman–Crippen MR) is 60.0 cm³/mol. The van der Waals surface area contributed by atoms with E-state index in [-0.39, 0.29) is 0 Å². The van der Waals surface area contributed by atoms with Crippen molar-refractivity contribution in [1.29, 1.82) is 0 Å². The molecular formula is C10H16ClN3. The minimum absolute atomic E-state index is 0.695. The van der Waals surface area contributed by atoms with Gasteiger partial charge < -0.3 is 4.90 Å². The summed E-state index contributed by atoms with van der Waals surface area (Å²) >= 11 is 5.66. The van der Waals surface area contributed by atoms with Crippen molar-refractivity contribution in [2.45, 2.75) is 20.3 Å². The minimum Gasteiger partial charge on any atom is -0.357 e. The van der Waals surface area contributed by atoms with Gasteiger partial charge in [-0.15, -0.1) is 11.6 Å². The second-order valence-corrected chi connectivity index (χ2v) is 3.46. The summed E-state index contributed by atoms with van der Waals surface area (Å²) in [6.07, 6.45) is 2.78. The molecule has 1 heterocycles. The van der Waals surface area contributed by atoms with Gasteiger partial charge in [-0.1, -0.05) is 0 Å². The zero-order valence-electron chi connectivity index (χ0n) is 8.70. The molecule has 0 fully saturated rings. The summed E-state index contributed by atoms with van der Waals surface area (Å²) in [4.78, 5) is 10.6. The van der Waals surface area contributed by atoms with E-state index in [0.29, 0.717) is 5.88 Å². The lowest BCUT2D eigenvalue weighted by Crippen LogP contribution is -2.25. The van der Waals surface area contributed by atoms with E-state index >= 15 is 0 Å². The standard InChI is InChI=1S/C10H16ClN3/c1-3-14(8-4-6-11)10-5-7-12-9(2)13-10/h5,7H,3-4,6,8H2,1-2H3. The van der Waals surface area contributed by atoms with Gasteiger partial charge in [0.05, 0.1) is 0 Å². The molecule has 0 unspecified atom stereocenters. The molecule has 1 aromatic heterocycles. The number of halogens is 1. The van der Waals surface area contributed by atoms with E-state index in [9.17, 15) is 0 Å². The van der Waals surface area contributed by atoms with Gasteiger partial charge in [-0.25, -0.2) is 9.97 Å². The zero-order valence-corrected chi connectivity index (χ0v) is 9.46. The van der Waals surface area contributed by atoms with Crippen LogP contribution in [0, 0.1) is 6.92 Å². The Bertz CT molecular complexity index is 278. The summed E-state index contributed by atoms with van der Waals surface area (Å²) in [5, 5.41) is 0. The van der Waals surface area contributed by atoms with Gasteiger partial charge in [0, 0.05) is 25.2 Å². The van der Waals surface area contributed by atoms with Crippen molar-refractivity contribution in [3.63, 3.8) is 0 Å². The minimum atomic E-state index is 0.695. The number of aromatic nitrogens is 2. The molecule has 4 heteroatoms. The third kappa shape index (κ3) is 3.14. The highest BCUT2D eigenvalue weighted by Gasteiger charge is 2.04. The van der Waals surface area contributed by atoms with Gasteiger partial charge in [0.15, 0.2) is 0 Å². The van der Waals surface area contributed by atoms with E-state index < -0.39 is 0 Å². The molecule has 0 amide bonds. The third-order valence-electron chi connectivity index (χ3n) is 2.03. The second-order valence-electron chi connectivity index (χ2n) is 3.08. The van der Waals surface area contributed by atoms with Gasteiger partial charge >= 0.3 is 0 Å². The maximum Gasteiger partial charge on any atom is 0.132 e. The van der Waals surface area contributed by atoms with E-state index in [4.69, 9.17) is 11.6 Å². The van der Waals surface area contributed by atoms with Gasteiger partial charge in [-0.2, -0.15) is 0 Å². The Hall–Kier alpha value is -0.830. The molecule has 0 bridgehead atoms. The Morgan fingerprint density at radius 3 is 2.86 bits per heavy atom. The Labute approximate surface area is 90.1 Å². The van der Waals surface area contributed by atoms with Gasteiger partial charge in [0.2, 0.25) is 0 Å². The van der Waals surface area contributed by atoms with Crippen molar-refractivity contribution in [3.05, 3.63) is 18.1 Å².